The fraction of sp³-hybridized carbons (Fsp3) is 0.600. The predicted octanol–water partition coefficient (Wildman–Crippen LogP) is 5.39. The topological polar surface area (TPSA) is 83.9 Å². The normalized spacial score (nSPS) is 15.4. The molecule has 38 heavy (non-hydrogen) atoms. The molecule has 1 heterocycles. The molecule has 0 saturated carbocycles. The van der Waals surface area contributed by atoms with Gasteiger partial charge in [0.05, 0.1) is 35.1 Å². The Morgan fingerprint density at radius 2 is 0.974 bits per heavy atom. The van der Waals surface area contributed by atoms with Gasteiger partial charge in [-0.3, -0.25) is 9.80 Å². The number of phenolic OH excluding ortho intramolecular Hbond substituents is 2. The van der Waals surface area contributed by atoms with Crippen LogP contribution < -0.4 is 18.9 Å². The fourth-order valence-corrected chi connectivity index (χ4v) is 5.25. The maximum atomic E-state index is 10.9. The van der Waals surface area contributed by atoms with Gasteiger partial charge in [-0.05, 0) is 29.4 Å². The van der Waals surface area contributed by atoms with Gasteiger partial charge >= 0.3 is 0 Å². The summed E-state index contributed by atoms with van der Waals surface area (Å²) in [5.41, 5.74) is 3.10. The summed E-state index contributed by atoms with van der Waals surface area (Å²) < 4.78 is 22.6. The standard InChI is InChI=1S/C30H46N2O6/c1-29(2,3)21-14-19(25(35-7)27(37-9)23(21)33)16-31-12-11-13-32(18-31)17-20-15-22(30(4,5)6)24(34)28(38-10)26(20)36-8/h14-15,33-34H,11-13,16-18H2,1-10H3. The van der Waals surface area contributed by atoms with Crippen LogP contribution in [0.1, 0.15) is 70.2 Å². The van der Waals surface area contributed by atoms with Crippen LogP contribution in [0.25, 0.3) is 0 Å². The molecule has 2 aromatic rings. The molecule has 1 aliphatic heterocycles. The molecule has 1 fully saturated rings. The summed E-state index contributed by atoms with van der Waals surface area (Å²) in [5.74, 6) is 2.14. The molecule has 0 atom stereocenters. The minimum atomic E-state index is -0.258. The number of methoxy groups -OCH3 is 4. The average Bonchev–Trinajstić information content (AvgIpc) is 2.83. The van der Waals surface area contributed by atoms with E-state index in [4.69, 9.17) is 18.9 Å². The van der Waals surface area contributed by atoms with E-state index in [-0.39, 0.29) is 22.3 Å². The monoisotopic (exact) mass is 530 g/mol. The molecule has 0 aliphatic carbocycles. The zero-order valence-corrected chi connectivity index (χ0v) is 24.8. The predicted molar refractivity (Wildman–Crippen MR) is 150 cm³/mol. The van der Waals surface area contributed by atoms with Crippen molar-refractivity contribution < 1.29 is 29.2 Å². The highest BCUT2D eigenvalue weighted by atomic mass is 16.5. The van der Waals surface area contributed by atoms with Crippen molar-refractivity contribution in [2.24, 2.45) is 0 Å². The second-order valence-electron chi connectivity index (χ2n) is 12.1. The molecule has 0 aromatic heterocycles. The number of hydrogen-bond donors (Lipinski definition) is 2. The lowest BCUT2D eigenvalue weighted by molar-refractivity contribution is 0.0731. The molecular weight excluding hydrogens is 484 g/mol. The summed E-state index contributed by atoms with van der Waals surface area (Å²) >= 11 is 0. The van der Waals surface area contributed by atoms with E-state index in [0.29, 0.717) is 36.1 Å². The number of nitrogens with zero attached hydrogens (tertiary/aromatic N) is 2. The molecule has 1 saturated heterocycles. The van der Waals surface area contributed by atoms with E-state index >= 15 is 0 Å². The Morgan fingerprint density at radius 3 is 1.26 bits per heavy atom. The van der Waals surface area contributed by atoms with Crippen molar-refractivity contribution >= 4 is 0 Å². The van der Waals surface area contributed by atoms with Gasteiger partial charge in [-0.1, -0.05) is 41.5 Å². The van der Waals surface area contributed by atoms with Gasteiger partial charge in [0, 0.05) is 48.4 Å². The highest BCUT2D eigenvalue weighted by Gasteiger charge is 2.30. The molecule has 8 heteroatoms. The first kappa shape index (κ1) is 29.7. The Hall–Kier alpha value is -2.84. The van der Waals surface area contributed by atoms with E-state index in [1.165, 1.54) is 0 Å². The molecule has 2 N–H and O–H groups in total. The minimum Gasteiger partial charge on any atom is -0.504 e. The summed E-state index contributed by atoms with van der Waals surface area (Å²) in [6.07, 6.45) is 1.01. The van der Waals surface area contributed by atoms with E-state index in [9.17, 15) is 10.2 Å². The first-order valence-corrected chi connectivity index (χ1v) is 13.2. The lowest BCUT2D eigenvalue weighted by Crippen LogP contribution is -2.44. The lowest BCUT2D eigenvalue weighted by atomic mass is 9.84. The van der Waals surface area contributed by atoms with Gasteiger partial charge in [-0.2, -0.15) is 0 Å². The Labute approximate surface area is 228 Å². The highest BCUT2D eigenvalue weighted by molar-refractivity contribution is 5.61. The molecule has 2 aromatic carbocycles. The summed E-state index contributed by atoms with van der Waals surface area (Å²) in [7, 11) is 6.33. The number of benzene rings is 2. The molecule has 0 amide bonds. The zero-order valence-electron chi connectivity index (χ0n) is 24.8. The molecule has 212 valence electrons. The van der Waals surface area contributed by atoms with Crippen LogP contribution in [0.5, 0.6) is 34.5 Å². The van der Waals surface area contributed by atoms with Crippen molar-refractivity contribution in [3.05, 3.63) is 34.4 Å². The first-order chi connectivity index (χ1) is 17.8. The van der Waals surface area contributed by atoms with Crippen LogP contribution in [0, 0.1) is 0 Å². The number of hydrogen-bond acceptors (Lipinski definition) is 8. The molecule has 3 rings (SSSR count). The minimum absolute atomic E-state index is 0.129. The molecule has 1 aliphatic rings. The van der Waals surface area contributed by atoms with E-state index in [1.807, 2.05) is 12.1 Å². The van der Waals surface area contributed by atoms with Crippen molar-refractivity contribution in [1.29, 1.82) is 0 Å². The maximum Gasteiger partial charge on any atom is 0.203 e. The second-order valence-corrected chi connectivity index (χ2v) is 12.1. The molecule has 0 radical (unpaired) electrons. The van der Waals surface area contributed by atoms with E-state index < -0.39 is 0 Å². The summed E-state index contributed by atoms with van der Waals surface area (Å²) in [6, 6.07) is 4.08. The van der Waals surface area contributed by atoms with Crippen molar-refractivity contribution in [3.63, 3.8) is 0 Å². The SMILES string of the molecule is COc1c(CN2CCCN(Cc3cc(C(C)(C)C)c(O)c(OC)c3OC)C2)cc(C(C)(C)C)c(O)c1OC. The Morgan fingerprint density at radius 1 is 0.632 bits per heavy atom. The van der Waals surface area contributed by atoms with Crippen molar-refractivity contribution in [2.75, 3.05) is 48.2 Å². The van der Waals surface area contributed by atoms with E-state index in [2.05, 4.69) is 51.3 Å². The number of ether oxygens (including phenoxy) is 4. The van der Waals surface area contributed by atoms with Crippen molar-refractivity contribution in [3.8, 4) is 34.5 Å². The van der Waals surface area contributed by atoms with Crippen LogP contribution >= 0.6 is 0 Å². The van der Waals surface area contributed by atoms with Crippen molar-refractivity contribution in [2.45, 2.75) is 71.9 Å². The van der Waals surface area contributed by atoms with E-state index in [0.717, 1.165) is 48.4 Å². The lowest BCUT2D eigenvalue weighted by Gasteiger charge is -2.37. The molecular formula is C30H46N2O6. The Kier molecular flexibility index (Phi) is 8.99. The molecule has 8 nitrogen and oxygen atoms in total. The van der Waals surface area contributed by atoms with Gasteiger partial charge in [0.15, 0.2) is 23.0 Å². The van der Waals surface area contributed by atoms with Crippen LogP contribution in [0.4, 0.5) is 0 Å². The number of rotatable bonds is 8. The van der Waals surface area contributed by atoms with Crippen molar-refractivity contribution in [1.82, 2.24) is 9.80 Å². The summed E-state index contributed by atoms with van der Waals surface area (Å²) in [4.78, 5) is 4.75. The Balaban J connectivity index is 1.92. The second kappa shape index (κ2) is 11.5. The quantitative estimate of drug-likeness (QED) is 0.470. The van der Waals surface area contributed by atoms with Crippen LogP contribution in [0.15, 0.2) is 12.1 Å². The Bertz CT molecular complexity index is 1050. The van der Waals surface area contributed by atoms with Gasteiger partial charge in [-0.25, -0.2) is 0 Å². The van der Waals surface area contributed by atoms with Gasteiger partial charge in [0.1, 0.15) is 0 Å². The number of aromatic hydroxyl groups is 2. The van der Waals surface area contributed by atoms with Crippen LogP contribution in [-0.4, -0.2) is 68.2 Å². The van der Waals surface area contributed by atoms with Crippen LogP contribution in [-0.2, 0) is 23.9 Å². The number of phenols is 2. The first-order valence-electron chi connectivity index (χ1n) is 13.2. The average molecular weight is 531 g/mol. The van der Waals surface area contributed by atoms with Crippen LogP contribution in [0.2, 0.25) is 0 Å². The van der Waals surface area contributed by atoms with Crippen LogP contribution in [0.3, 0.4) is 0 Å². The van der Waals surface area contributed by atoms with Gasteiger partial charge in [0.25, 0.3) is 0 Å². The maximum absolute atomic E-state index is 10.9. The summed E-state index contributed by atoms with van der Waals surface area (Å²) in [5, 5.41) is 21.8. The van der Waals surface area contributed by atoms with Gasteiger partial charge < -0.3 is 29.2 Å². The largest absolute Gasteiger partial charge is 0.504 e. The third-order valence-electron chi connectivity index (χ3n) is 7.14. The third kappa shape index (κ3) is 6.07. The van der Waals surface area contributed by atoms with Gasteiger partial charge in [0.2, 0.25) is 11.5 Å². The summed E-state index contributed by atoms with van der Waals surface area (Å²) in [6.45, 7) is 16.4. The fourth-order valence-electron chi connectivity index (χ4n) is 5.25. The molecule has 0 unspecified atom stereocenters. The molecule has 0 spiro atoms. The van der Waals surface area contributed by atoms with Gasteiger partial charge in [-0.15, -0.1) is 0 Å². The molecule has 0 bridgehead atoms. The third-order valence-corrected chi connectivity index (χ3v) is 7.14. The zero-order chi connectivity index (χ0) is 28.4. The smallest absolute Gasteiger partial charge is 0.203 e. The highest BCUT2D eigenvalue weighted by Crippen LogP contribution is 2.47. The van der Waals surface area contributed by atoms with E-state index in [1.54, 1.807) is 28.4 Å².